The summed E-state index contributed by atoms with van der Waals surface area (Å²) in [6.45, 7) is 1.29. The molecule has 1 amide bonds. The Balaban J connectivity index is 2.04. The lowest BCUT2D eigenvalue weighted by Gasteiger charge is -2.11. The molecule has 0 aliphatic rings. The molecule has 0 atom stereocenters. The van der Waals surface area contributed by atoms with Crippen LogP contribution in [-0.2, 0) is 0 Å². The van der Waals surface area contributed by atoms with E-state index in [1.807, 2.05) is 19.0 Å². The van der Waals surface area contributed by atoms with E-state index in [9.17, 15) is 9.18 Å². The molecular formula is C16H18ClFN4O. The Kier molecular flexibility index (Phi) is 5.90. The monoisotopic (exact) mass is 336 g/mol. The van der Waals surface area contributed by atoms with E-state index >= 15 is 0 Å². The van der Waals surface area contributed by atoms with E-state index in [4.69, 9.17) is 11.6 Å². The second-order valence-corrected chi connectivity index (χ2v) is 5.65. The molecular weight excluding hydrogens is 319 g/mol. The van der Waals surface area contributed by atoms with Crippen LogP contribution in [0.5, 0.6) is 0 Å². The average molecular weight is 337 g/mol. The van der Waals surface area contributed by atoms with Gasteiger partial charge in [0.15, 0.2) is 0 Å². The van der Waals surface area contributed by atoms with E-state index in [0.717, 1.165) is 6.54 Å². The number of likely N-dealkylation sites (N-methyl/N-ethyl adjacent to an activating group) is 1. The topological polar surface area (TPSA) is 57.3 Å². The first-order valence-electron chi connectivity index (χ1n) is 7.07. The highest BCUT2D eigenvalue weighted by molar-refractivity contribution is 6.31. The van der Waals surface area contributed by atoms with E-state index in [-0.39, 0.29) is 10.9 Å². The molecule has 122 valence electrons. The maximum Gasteiger partial charge on any atom is 0.269 e. The molecule has 0 radical (unpaired) electrons. The second-order valence-electron chi connectivity index (χ2n) is 5.24. The predicted molar refractivity (Wildman–Crippen MR) is 89.8 cm³/mol. The fourth-order valence-electron chi connectivity index (χ4n) is 1.86. The molecule has 0 saturated carbocycles. The molecule has 2 N–H and O–H groups in total. The van der Waals surface area contributed by atoms with E-state index in [0.29, 0.717) is 23.6 Å². The van der Waals surface area contributed by atoms with Crippen molar-refractivity contribution >= 4 is 28.9 Å². The maximum absolute atomic E-state index is 13.2. The van der Waals surface area contributed by atoms with Crippen molar-refractivity contribution in [2.75, 3.05) is 32.5 Å². The summed E-state index contributed by atoms with van der Waals surface area (Å²) in [6.07, 6.45) is 1.54. The Morgan fingerprint density at radius 2 is 2.00 bits per heavy atom. The molecule has 0 unspecified atom stereocenters. The molecule has 2 aromatic rings. The molecule has 7 heteroatoms. The second kappa shape index (κ2) is 7.89. The minimum atomic E-state index is -0.479. The summed E-state index contributed by atoms with van der Waals surface area (Å²) in [5, 5.41) is 5.89. The minimum absolute atomic E-state index is 0.0331. The first-order valence-corrected chi connectivity index (χ1v) is 7.44. The van der Waals surface area contributed by atoms with Crippen molar-refractivity contribution in [2.24, 2.45) is 0 Å². The number of nitrogens with zero attached hydrogens (tertiary/aromatic N) is 2. The van der Waals surface area contributed by atoms with Gasteiger partial charge in [0, 0.05) is 30.7 Å². The lowest BCUT2D eigenvalue weighted by Crippen LogP contribution is -2.31. The third-order valence-electron chi connectivity index (χ3n) is 3.05. The minimum Gasteiger partial charge on any atom is -0.355 e. The lowest BCUT2D eigenvalue weighted by molar-refractivity contribution is 0.0946. The summed E-state index contributed by atoms with van der Waals surface area (Å²) in [7, 11) is 3.87. The normalized spacial score (nSPS) is 10.7. The SMILES string of the molecule is CN(C)CCNC(=O)c1cc(Nc2ccc(F)c(Cl)c2)ccn1. The van der Waals surface area contributed by atoms with Crippen molar-refractivity contribution in [1.29, 1.82) is 0 Å². The van der Waals surface area contributed by atoms with E-state index < -0.39 is 5.82 Å². The highest BCUT2D eigenvalue weighted by Crippen LogP contribution is 2.22. The number of carbonyl (C=O) groups excluding carboxylic acids is 1. The zero-order valence-electron chi connectivity index (χ0n) is 12.9. The van der Waals surface area contributed by atoms with Crippen molar-refractivity contribution in [1.82, 2.24) is 15.2 Å². The van der Waals surface area contributed by atoms with Crippen molar-refractivity contribution in [2.45, 2.75) is 0 Å². The Morgan fingerprint density at radius 1 is 1.26 bits per heavy atom. The average Bonchev–Trinajstić information content (AvgIpc) is 2.51. The van der Waals surface area contributed by atoms with Gasteiger partial charge in [0.2, 0.25) is 0 Å². The van der Waals surface area contributed by atoms with Crippen LogP contribution in [0.2, 0.25) is 5.02 Å². The van der Waals surface area contributed by atoms with E-state index in [2.05, 4.69) is 15.6 Å². The summed E-state index contributed by atoms with van der Waals surface area (Å²) in [5.41, 5.74) is 1.60. The number of benzene rings is 1. The molecule has 0 spiro atoms. The van der Waals surface area contributed by atoms with Gasteiger partial charge in [-0.05, 0) is 44.4 Å². The molecule has 2 rings (SSSR count). The van der Waals surface area contributed by atoms with Gasteiger partial charge >= 0.3 is 0 Å². The third-order valence-corrected chi connectivity index (χ3v) is 3.34. The third kappa shape index (κ3) is 5.19. The van der Waals surface area contributed by atoms with Crippen LogP contribution in [0.25, 0.3) is 0 Å². The van der Waals surface area contributed by atoms with Crippen molar-refractivity contribution in [3.05, 3.63) is 53.1 Å². The van der Waals surface area contributed by atoms with Crippen LogP contribution in [0.4, 0.5) is 15.8 Å². The Bertz CT molecular complexity index is 694. The summed E-state index contributed by atoms with van der Waals surface area (Å²) < 4.78 is 13.2. The number of aromatic nitrogens is 1. The standard InChI is InChI=1S/C16H18ClFN4O/c1-22(2)8-7-20-16(23)15-10-12(5-6-19-15)21-11-3-4-14(18)13(17)9-11/h3-6,9-10H,7-8H2,1-2H3,(H,19,21)(H,20,23). The zero-order valence-corrected chi connectivity index (χ0v) is 13.7. The van der Waals surface area contributed by atoms with Crippen LogP contribution in [0.3, 0.4) is 0 Å². The number of carbonyl (C=O) groups is 1. The van der Waals surface area contributed by atoms with Crippen LogP contribution in [-0.4, -0.2) is 43.0 Å². The Morgan fingerprint density at radius 3 is 2.70 bits per heavy atom. The van der Waals surface area contributed by atoms with E-state index in [1.54, 1.807) is 18.2 Å². The number of hydrogen-bond acceptors (Lipinski definition) is 4. The molecule has 1 aromatic heterocycles. The number of halogens is 2. The van der Waals surface area contributed by atoms with Crippen LogP contribution in [0.15, 0.2) is 36.5 Å². The highest BCUT2D eigenvalue weighted by Gasteiger charge is 2.08. The number of anilines is 2. The maximum atomic E-state index is 13.2. The first kappa shape index (κ1) is 17.2. The fraction of sp³-hybridized carbons (Fsp3) is 0.250. The summed E-state index contributed by atoms with van der Waals surface area (Å²) >= 11 is 5.75. The number of nitrogens with one attached hydrogen (secondary N) is 2. The summed E-state index contributed by atoms with van der Waals surface area (Å²) in [4.78, 5) is 18.1. The Labute approximate surface area is 139 Å². The molecule has 0 aliphatic carbocycles. The van der Waals surface area contributed by atoms with Crippen LogP contribution in [0.1, 0.15) is 10.5 Å². The molecule has 1 heterocycles. The lowest BCUT2D eigenvalue weighted by atomic mass is 10.2. The van der Waals surface area contributed by atoms with Gasteiger partial charge in [-0.15, -0.1) is 0 Å². The first-order chi connectivity index (χ1) is 11.0. The molecule has 5 nitrogen and oxygen atoms in total. The van der Waals surface area contributed by atoms with Gasteiger partial charge in [-0.1, -0.05) is 11.6 Å². The number of hydrogen-bond donors (Lipinski definition) is 2. The molecule has 0 aliphatic heterocycles. The van der Waals surface area contributed by atoms with Crippen molar-refractivity contribution < 1.29 is 9.18 Å². The van der Waals surface area contributed by atoms with Gasteiger partial charge in [-0.25, -0.2) is 4.39 Å². The molecule has 0 fully saturated rings. The van der Waals surface area contributed by atoms with Gasteiger partial charge < -0.3 is 15.5 Å². The molecule has 23 heavy (non-hydrogen) atoms. The summed E-state index contributed by atoms with van der Waals surface area (Å²) in [6, 6.07) is 7.67. The van der Waals surface area contributed by atoms with Crippen LogP contribution < -0.4 is 10.6 Å². The number of amides is 1. The summed E-state index contributed by atoms with van der Waals surface area (Å²) in [5.74, 6) is -0.722. The fourth-order valence-corrected chi connectivity index (χ4v) is 2.04. The largest absolute Gasteiger partial charge is 0.355 e. The van der Waals surface area contributed by atoms with Gasteiger partial charge in [0.25, 0.3) is 5.91 Å². The highest BCUT2D eigenvalue weighted by atomic mass is 35.5. The number of pyridine rings is 1. The molecule has 0 saturated heterocycles. The molecule has 0 bridgehead atoms. The van der Waals surface area contributed by atoms with Gasteiger partial charge in [-0.2, -0.15) is 0 Å². The molecule has 1 aromatic carbocycles. The van der Waals surface area contributed by atoms with Gasteiger partial charge in [0.05, 0.1) is 5.02 Å². The van der Waals surface area contributed by atoms with Crippen LogP contribution >= 0.6 is 11.6 Å². The van der Waals surface area contributed by atoms with E-state index in [1.165, 1.54) is 18.3 Å². The van der Waals surface area contributed by atoms with Crippen LogP contribution in [0, 0.1) is 5.82 Å². The quantitative estimate of drug-likeness (QED) is 0.851. The van der Waals surface area contributed by atoms with Crippen molar-refractivity contribution in [3.8, 4) is 0 Å². The van der Waals surface area contributed by atoms with Gasteiger partial charge in [-0.3, -0.25) is 9.78 Å². The zero-order chi connectivity index (χ0) is 16.8. The van der Waals surface area contributed by atoms with Gasteiger partial charge in [0.1, 0.15) is 11.5 Å². The number of rotatable bonds is 6. The Hall–Kier alpha value is -2.18. The predicted octanol–water partition coefficient (Wildman–Crippen LogP) is 2.91. The smallest absolute Gasteiger partial charge is 0.269 e. The van der Waals surface area contributed by atoms with Crippen molar-refractivity contribution in [3.63, 3.8) is 0 Å².